The second kappa shape index (κ2) is 6.31. The summed E-state index contributed by atoms with van der Waals surface area (Å²) in [5, 5.41) is 5.94. The lowest BCUT2D eigenvalue weighted by Gasteiger charge is -2.19. The van der Waals surface area contributed by atoms with Crippen LogP contribution in [0, 0.1) is 6.92 Å². The molecule has 2 aromatic rings. The summed E-state index contributed by atoms with van der Waals surface area (Å²) in [7, 11) is 0. The van der Waals surface area contributed by atoms with Crippen LogP contribution in [0.3, 0.4) is 0 Å². The van der Waals surface area contributed by atoms with Gasteiger partial charge in [0.15, 0.2) is 11.5 Å². The maximum atomic E-state index is 12.2. The molecule has 2 aliphatic rings. The molecule has 1 fully saturated rings. The molecule has 0 atom stereocenters. The fourth-order valence-corrected chi connectivity index (χ4v) is 3.41. The predicted molar refractivity (Wildman–Crippen MR) is 94.9 cm³/mol. The van der Waals surface area contributed by atoms with Gasteiger partial charge in [-0.1, -0.05) is 30.3 Å². The van der Waals surface area contributed by atoms with Crippen molar-refractivity contribution < 1.29 is 14.3 Å². The largest absolute Gasteiger partial charge is 0.454 e. The molecular weight excluding hydrogens is 316 g/mol. The number of amides is 2. The summed E-state index contributed by atoms with van der Waals surface area (Å²) in [6.07, 6.45) is 2.25. The summed E-state index contributed by atoms with van der Waals surface area (Å²) in [5.74, 6) is 1.48. The normalized spacial score (nSPS) is 16.4. The molecule has 2 amide bonds. The fraction of sp³-hybridized carbons (Fsp3) is 0.350. The van der Waals surface area contributed by atoms with Gasteiger partial charge in [-0.15, -0.1) is 0 Å². The van der Waals surface area contributed by atoms with Gasteiger partial charge in [-0.05, 0) is 48.6 Å². The highest BCUT2D eigenvalue weighted by molar-refractivity contribution is 5.74. The quantitative estimate of drug-likeness (QED) is 0.880. The number of ether oxygens (including phenoxy) is 2. The van der Waals surface area contributed by atoms with Gasteiger partial charge in [-0.25, -0.2) is 4.79 Å². The van der Waals surface area contributed by atoms with Gasteiger partial charge in [-0.3, -0.25) is 0 Å². The molecule has 1 aliphatic heterocycles. The molecular formula is C20H22N2O3. The van der Waals surface area contributed by atoms with Gasteiger partial charge in [0, 0.05) is 18.5 Å². The van der Waals surface area contributed by atoms with Crippen molar-refractivity contribution in [2.75, 3.05) is 13.3 Å². The van der Waals surface area contributed by atoms with Gasteiger partial charge in [0.25, 0.3) is 0 Å². The van der Waals surface area contributed by atoms with E-state index >= 15 is 0 Å². The molecule has 0 spiro atoms. The van der Waals surface area contributed by atoms with E-state index in [1.54, 1.807) is 0 Å². The Balaban J connectivity index is 1.30. The zero-order chi connectivity index (χ0) is 17.3. The summed E-state index contributed by atoms with van der Waals surface area (Å²) in [6.45, 7) is 3.52. The number of urea groups is 1. The van der Waals surface area contributed by atoms with Crippen molar-refractivity contribution in [3.8, 4) is 11.5 Å². The van der Waals surface area contributed by atoms with Crippen LogP contribution in [0.2, 0.25) is 0 Å². The van der Waals surface area contributed by atoms with E-state index in [1.165, 1.54) is 11.1 Å². The number of carbonyl (C=O) groups excluding carboxylic acids is 1. The van der Waals surface area contributed by atoms with E-state index in [2.05, 4.69) is 41.8 Å². The van der Waals surface area contributed by atoms with Gasteiger partial charge >= 0.3 is 6.03 Å². The Labute approximate surface area is 147 Å². The van der Waals surface area contributed by atoms with Gasteiger partial charge in [0.05, 0.1) is 0 Å². The summed E-state index contributed by atoms with van der Waals surface area (Å²) >= 11 is 0. The number of aryl methyl sites for hydroxylation is 1. The SMILES string of the molecule is Cc1ccccc1C1(CNC(=O)NCc2ccc3c(c2)OCO3)CC1. The van der Waals surface area contributed by atoms with Gasteiger partial charge in [-0.2, -0.15) is 0 Å². The topological polar surface area (TPSA) is 59.6 Å². The zero-order valence-corrected chi connectivity index (χ0v) is 14.3. The van der Waals surface area contributed by atoms with Crippen LogP contribution >= 0.6 is 0 Å². The number of benzene rings is 2. The molecule has 5 nitrogen and oxygen atoms in total. The van der Waals surface area contributed by atoms with E-state index in [4.69, 9.17) is 9.47 Å². The number of hydrogen-bond donors (Lipinski definition) is 2. The van der Waals surface area contributed by atoms with E-state index in [0.29, 0.717) is 13.1 Å². The first kappa shape index (κ1) is 15.8. The average Bonchev–Trinajstić information content (AvgIpc) is 3.27. The maximum absolute atomic E-state index is 12.2. The Bertz CT molecular complexity index is 799. The van der Waals surface area contributed by atoms with Gasteiger partial charge in [0.2, 0.25) is 6.79 Å². The van der Waals surface area contributed by atoms with Crippen molar-refractivity contribution in [2.24, 2.45) is 0 Å². The van der Waals surface area contributed by atoms with Crippen LogP contribution in [0.15, 0.2) is 42.5 Å². The lowest BCUT2D eigenvalue weighted by atomic mass is 9.92. The highest BCUT2D eigenvalue weighted by Gasteiger charge is 2.45. The lowest BCUT2D eigenvalue weighted by Crippen LogP contribution is -2.39. The van der Waals surface area contributed by atoms with E-state index in [9.17, 15) is 4.79 Å². The van der Waals surface area contributed by atoms with E-state index in [1.807, 2.05) is 18.2 Å². The van der Waals surface area contributed by atoms with Crippen molar-refractivity contribution >= 4 is 6.03 Å². The van der Waals surface area contributed by atoms with Crippen molar-refractivity contribution in [2.45, 2.75) is 31.7 Å². The Morgan fingerprint density at radius 1 is 1.08 bits per heavy atom. The average molecular weight is 338 g/mol. The fourth-order valence-electron chi connectivity index (χ4n) is 3.41. The molecule has 1 saturated carbocycles. The Hall–Kier alpha value is -2.69. The Morgan fingerprint density at radius 3 is 2.68 bits per heavy atom. The molecule has 1 aliphatic carbocycles. The molecule has 0 unspecified atom stereocenters. The van der Waals surface area contributed by atoms with Crippen LogP contribution in [0.5, 0.6) is 11.5 Å². The maximum Gasteiger partial charge on any atom is 0.315 e. The van der Waals surface area contributed by atoms with Crippen molar-refractivity contribution in [1.29, 1.82) is 0 Å². The first-order valence-corrected chi connectivity index (χ1v) is 8.63. The number of carbonyl (C=O) groups is 1. The third-order valence-electron chi connectivity index (χ3n) is 5.05. The molecule has 130 valence electrons. The molecule has 0 aromatic heterocycles. The molecule has 25 heavy (non-hydrogen) atoms. The zero-order valence-electron chi connectivity index (χ0n) is 14.3. The van der Waals surface area contributed by atoms with Crippen molar-refractivity contribution in [1.82, 2.24) is 10.6 Å². The third-order valence-corrected chi connectivity index (χ3v) is 5.05. The minimum Gasteiger partial charge on any atom is -0.454 e. The first-order valence-electron chi connectivity index (χ1n) is 8.63. The summed E-state index contributed by atoms with van der Waals surface area (Å²) in [5.41, 5.74) is 3.75. The molecule has 1 heterocycles. The molecule has 2 N–H and O–H groups in total. The molecule has 5 heteroatoms. The summed E-state index contributed by atoms with van der Waals surface area (Å²) < 4.78 is 10.6. The number of rotatable bonds is 5. The Morgan fingerprint density at radius 2 is 1.88 bits per heavy atom. The van der Waals surface area contributed by atoms with Gasteiger partial charge in [0.1, 0.15) is 0 Å². The van der Waals surface area contributed by atoms with E-state index < -0.39 is 0 Å². The third kappa shape index (κ3) is 3.27. The van der Waals surface area contributed by atoms with Crippen LogP contribution in [0.4, 0.5) is 4.79 Å². The van der Waals surface area contributed by atoms with Crippen LogP contribution in [-0.2, 0) is 12.0 Å². The molecule has 0 saturated heterocycles. The number of nitrogens with one attached hydrogen (secondary N) is 2. The van der Waals surface area contributed by atoms with Crippen LogP contribution < -0.4 is 20.1 Å². The van der Waals surface area contributed by atoms with E-state index in [0.717, 1.165) is 29.9 Å². The number of hydrogen-bond acceptors (Lipinski definition) is 3. The van der Waals surface area contributed by atoms with Crippen LogP contribution in [-0.4, -0.2) is 19.4 Å². The highest BCUT2D eigenvalue weighted by Crippen LogP contribution is 2.48. The molecule has 0 radical (unpaired) electrons. The van der Waals surface area contributed by atoms with Crippen LogP contribution in [0.1, 0.15) is 29.5 Å². The predicted octanol–water partition coefficient (Wildman–Crippen LogP) is 3.25. The van der Waals surface area contributed by atoms with Crippen LogP contribution in [0.25, 0.3) is 0 Å². The van der Waals surface area contributed by atoms with Gasteiger partial charge < -0.3 is 20.1 Å². The monoisotopic (exact) mass is 338 g/mol. The summed E-state index contributed by atoms with van der Waals surface area (Å²) in [6, 6.07) is 14.0. The second-order valence-electron chi connectivity index (χ2n) is 6.82. The lowest BCUT2D eigenvalue weighted by molar-refractivity contribution is 0.174. The first-order chi connectivity index (χ1) is 12.2. The Kier molecular flexibility index (Phi) is 3.99. The molecule has 2 aromatic carbocycles. The van der Waals surface area contributed by atoms with Crippen molar-refractivity contribution in [3.05, 3.63) is 59.2 Å². The standard InChI is InChI=1S/C20H22N2O3/c1-14-4-2-3-5-16(14)20(8-9-20)12-22-19(23)21-11-15-6-7-17-18(10-15)25-13-24-17/h2-7,10H,8-9,11-13H2,1H3,(H2,21,22,23). The molecule has 0 bridgehead atoms. The van der Waals surface area contributed by atoms with E-state index in [-0.39, 0.29) is 18.2 Å². The highest BCUT2D eigenvalue weighted by atomic mass is 16.7. The van der Waals surface area contributed by atoms with Crippen molar-refractivity contribution in [3.63, 3.8) is 0 Å². The minimum absolute atomic E-state index is 0.113. The minimum atomic E-state index is -0.141. The smallest absolute Gasteiger partial charge is 0.315 e. The second-order valence-corrected chi connectivity index (χ2v) is 6.82. The summed E-state index contributed by atoms with van der Waals surface area (Å²) in [4.78, 5) is 12.2. The number of fused-ring (bicyclic) bond motifs is 1. The molecule has 4 rings (SSSR count).